The Bertz CT molecular complexity index is 712. The van der Waals surface area contributed by atoms with Crippen LogP contribution >= 0.6 is 6.89 Å². The molecule has 0 aliphatic heterocycles. The van der Waals surface area contributed by atoms with Crippen molar-refractivity contribution in [2.75, 3.05) is 20.0 Å². The van der Waals surface area contributed by atoms with Crippen molar-refractivity contribution in [1.29, 1.82) is 0 Å². The van der Waals surface area contributed by atoms with Crippen LogP contribution in [0, 0.1) is 41.5 Å². The molecule has 0 heterocycles. The van der Waals surface area contributed by atoms with Gasteiger partial charge in [0, 0.05) is 0 Å². The summed E-state index contributed by atoms with van der Waals surface area (Å²) in [5.41, 5.74) is 8.74. The zero-order chi connectivity index (χ0) is 18.2. The van der Waals surface area contributed by atoms with Gasteiger partial charge < -0.3 is 0 Å². The molecule has 0 N–H and O–H groups in total. The molecule has 0 aliphatic carbocycles. The summed E-state index contributed by atoms with van der Waals surface area (Å²) in [5.74, 6) is 0. The van der Waals surface area contributed by atoms with Gasteiger partial charge in [0.15, 0.2) is 0 Å². The SMILES string of the molecule is Cc1cc(C)[c]([Ge]([CH]=P(C)(C)C)[c]2c(C)cc(C)cc2C)c(C)c1. The van der Waals surface area contributed by atoms with Crippen molar-refractivity contribution >= 4 is 34.7 Å². The summed E-state index contributed by atoms with van der Waals surface area (Å²) in [6.07, 6.45) is 0. The third-order valence-corrected chi connectivity index (χ3v) is 17.5. The Morgan fingerprint density at radius 3 is 1.17 bits per heavy atom. The topological polar surface area (TPSA) is 0 Å². The molecule has 0 aromatic heterocycles. The van der Waals surface area contributed by atoms with E-state index in [1.807, 2.05) is 0 Å². The van der Waals surface area contributed by atoms with E-state index in [4.69, 9.17) is 0 Å². The minimum atomic E-state index is -1.70. The van der Waals surface area contributed by atoms with E-state index in [1.54, 1.807) is 8.79 Å². The maximum absolute atomic E-state index is 2.81. The first kappa shape index (κ1) is 19.6. The third-order valence-electron chi connectivity index (χ3n) is 4.41. The number of benzene rings is 2. The second-order valence-corrected chi connectivity index (χ2v) is 18.2. The molecular formula is C22H32GeP. The van der Waals surface area contributed by atoms with Gasteiger partial charge in [-0.1, -0.05) is 0 Å². The summed E-state index contributed by atoms with van der Waals surface area (Å²) in [6, 6.07) is 9.51. The Balaban J connectivity index is 2.83. The quantitative estimate of drug-likeness (QED) is 0.530. The molecule has 1 radical (unpaired) electrons. The maximum atomic E-state index is 2.81. The van der Waals surface area contributed by atoms with Gasteiger partial charge in [-0.05, 0) is 0 Å². The average Bonchev–Trinajstić information content (AvgIpc) is 2.33. The van der Waals surface area contributed by atoms with Gasteiger partial charge >= 0.3 is 154 Å². The van der Waals surface area contributed by atoms with E-state index in [2.05, 4.69) is 90.4 Å². The molecule has 0 saturated carbocycles. The van der Waals surface area contributed by atoms with Crippen LogP contribution < -0.4 is 8.79 Å². The van der Waals surface area contributed by atoms with E-state index in [1.165, 1.54) is 33.4 Å². The first-order chi connectivity index (χ1) is 11.0. The molecule has 0 nitrogen and oxygen atoms in total. The zero-order valence-corrected chi connectivity index (χ0v) is 19.8. The van der Waals surface area contributed by atoms with Gasteiger partial charge in [-0.2, -0.15) is 0 Å². The zero-order valence-electron chi connectivity index (χ0n) is 16.8. The van der Waals surface area contributed by atoms with E-state index in [0.29, 0.717) is 0 Å². The van der Waals surface area contributed by atoms with Crippen molar-refractivity contribution in [3.05, 3.63) is 57.6 Å². The Morgan fingerprint density at radius 2 is 0.917 bits per heavy atom. The molecule has 0 fully saturated rings. The van der Waals surface area contributed by atoms with E-state index >= 15 is 0 Å². The predicted octanol–water partition coefficient (Wildman–Crippen LogP) is 4.39. The van der Waals surface area contributed by atoms with Crippen molar-refractivity contribution in [1.82, 2.24) is 0 Å². The molecule has 0 spiro atoms. The van der Waals surface area contributed by atoms with Gasteiger partial charge in [-0.3, -0.25) is 0 Å². The number of rotatable bonds is 3. The van der Waals surface area contributed by atoms with Crippen molar-refractivity contribution in [3.8, 4) is 0 Å². The number of hydrogen-bond acceptors (Lipinski definition) is 0. The Labute approximate surface area is 153 Å². The molecular weight excluding hydrogens is 368 g/mol. The molecule has 0 bridgehead atoms. The Kier molecular flexibility index (Phi) is 5.93. The van der Waals surface area contributed by atoms with E-state index < -0.39 is 21.2 Å². The summed E-state index contributed by atoms with van der Waals surface area (Å²) in [4.78, 5) is 0. The summed E-state index contributed by atoms with van der Waals surface area (Å²) < 4.78 is 6.15. The minimum absolute atomic E-state index is 0.957. The van der Waals surface area contributed by atoms with E-state index in [0.717, 1.165) is 0 Å². The van der Waals surface area contributed by atoms with Crippen LogP contribution in [0.5, 0.6) is 0 Å². The monoisotopic (exact) mass is 401 g/mol. The fraction of sp³-hybridized carbons (Fsp3) is 0.409. The molecule has 0 saturated heterocycles. The molecule has 0 atom stereocenters. The molecule has 2 heteroatoms. The van der Waals surface area contributed by atoms with Gasteiger partial charge in [0.25, 0.3) is 0 Å². The van der Waals surface area contributed by atoms with Gasteiger partial charge in [-0.15, -0.1) is 0 Å². The van der Waals surface area contributed by atoms with E-state index in [-0.39, 0.29) is 0 Å². The summed E-state index contributed by atoms with van der Waals surface area (Å²) in [5, 5.41) is 0. The Hall–Kier alpha value is -0.717. The van der Waals surface area contributed by atoms with Gasteiger partial charge in [0.1, 0.15) is 0 Å². The fourth-order valence-corrected chi connectivity index (χ4v) is 16.1. The van der Waals surface area contributed by atoms with Crippen LogP contribution in [0.15, 0.2) is 24.3 Å². The van der Waals surface area contributed by atoms with E-state index in [9.17, 15) is 0 Å². The molecule has 0 aliphatic rings. The standard InChI is InChI=1S/C22H32GeP/c1-15-10-17(3)21(18(4)11-15)23(14-24(7,8)9)22-19(5)12-16(2)13-20(22)6/h10-14H,1-9H3. The van der Waals surface area contributed by atoms with Crippen molar-refractivity contribution in [2.45, 2.75) is 41.5 Å². The van der Waals surface area contributed by atoms with Crippen LogP contribution in [0.3, 0.4) is 0 Å². The van der Waals surface area contributed by atoms with Gasteiger partial charge in [0.2, 0.25) is 0 Å². The third kappa shape index (κ3) is 4.46. The van der Waals surface area contributed by atoms with Crippen molar-refractivity contribution in [2.24, 2.45) is 0 Å². The van der Waals surface area contributed by atoms with Crippen LogP contribution in [0.4, 0.5) is 0 Å². The molecule has 2 aromatic rings. The van der Waals surface area contributed by atoms with Crippen molar-refractivity contribution < 1.29 is 0 Å². The van der Waals surface area contributed by atoms with Crippen LogP contribution in [-0.2, 0) is 0 Å². The fourth-order valence-electron chi connectivity index (χ4n) is 3.85. The van der Waals surface area contributed by atoms with Crippen LogP contribution in [0.1, 0.15) is 33.4 Å². The first-order valence-electron chi connectivity index (χ1n) is 8.70. The van der Waals surface area contributed by atoms with Crippen LogP contribution in [-0.4, -0.2) is 39.0 Å². The van der Waals surface area contributed by atoms with Crippen LogP contribution in [0.25, 0.3) is 0 Å². The van der Waals surface area contributed by atoms with Gasteiger partial charge in [0.05, 0.1) is 0 Å². The average molecular weight is 400 g/mol. The van der Waals surface area contributed by atoms with Crippen molar-refractivity contribution in [3.63, 3.8) is 0 Å². The summed E-state index contributed by atoms with van der Waals surface area (Å²) >= 11 is -1.70. The molecule has 0 amide bonds. The second kappa shape index (κ2) is 7.26. The van der Waals surface area contributed by atoms with Gasteiger partial charge in [-0.25, -0.2) is 0 Å². The molecule has 0 unspecified atom stereocenters. The molecule has 129 valence electrons. The molecule has 24 heavy (non-hydrogen) atoms. The summed E-state index contributed by atoms with van der Waals surface area (Å²) in [6.45, 7) is 20.1. The number of hydrogen-bond donors (Lipinski definition) is 0. The number of aryl methyl sites for hydroxylation is 6. The second-order valence-electron chi connectivity index (χ2n) is 8.21. The summed E-state index contributed by atoms with van der Waals surface area (Å²) in [7, 11) is 0. The molecule has 2 rings (SSSR count). The Morgan fingerprint density at radius 1 is 0.625 bits per heavy atom. The molecule has 2 aromatic carbocycles. The first-order valence-corrected chi connectivity index (χ1v) is 15.2. The normalized spacial score (nSPS) is 11.9. The van der Waals surface area contributed by atoms with Crippen LogP contribution in [0.2, 0.25) is 0 Å². The predicted molar refractivity (Wildman–Crippen MR) is 117 cm³/mol.